The monoisotopic (exact) mass is 478 g/mol. The number of methoxy groups -OCH3 is 1. The topological polar surface area (TPSA) is 88.0 Å². The molecule has 0 saturated carbocycles. The molecule has 8 nitrogen and oxygen atoms in total. The normalized spacial score (nSPS) is 20.9. The summed E-state index contributed by atoms with van der Waals surface area (Å²) >= 11 is 0. The van der Waals surface area contributed by atoms with Crippen molar-refractivity contribution < 1.29 is 23.8 Å². The van der Waals surface area contributed by atoms with Crippen molar-refractivity contribution in [2.75, 3.05) is 30.0 Å². The molecule has 1 saturated heterocycles. The van der Waals surface area contributed by atoms with Crippen LogP contribution in [0.25, 0.3) is 11.3 Å². The molecule has 0 aliphatic carbocycles. The first kappa shape index (κ1) is 23.0. The molecule has 0 radical (unpaired) electrons. The molecule has 0 bridgehead atoms. The molecule has 2 atom stereocenters. The van der Waals surface area contributed by atoms with Crippen molar-refractivity contribution in [3.05, 3.63) is 66.0 Å². The van der Waals surface area contributed by atoms with E-state index in [2.05, 4.69) is 22.0 Å². The third kappa shape index (κ3) is 4.05. The van der Waals surface area contributed by atoms with Crippen LogP contribution in [0.4, 0.5) is 20.7 Å². The van der Waals surface area contributed by atoms with Crippen LogP contribution in [0, 0.1) is 5.82 Å². The van der Waals surface area contributed by atoms with Gasteiger partial charge in [0.2, 0.25) is 0 Å². The fourth-order valence-corrected chi connectivity index (χ4v) is 5.19. The van der Waals surface area contributed by atoms with Crippen molar-refractivity contribution in [3.63, 3.8) is 0 Å². The largest absolute Gasteiger partial charge is 0.493 e. The van der Waals surface area contributed by atoms with Crippen molar-refractivity contribution in [3.8, 4) is 17.0 Å². The van der Waals surface area contributed by atoms with Crippen molar-refractivity contribution in [1.29, 1.82) is 0 Å². The van der Waals surface area contributed by atoms with E-state index in [0.717, 1.165) is 12.0 Å². The number of carboxylic acid groups (broad SMARTS) is 1. The van der Waals surface area contributed by atoms with Gasteiger partial charge in [-0.15, -0.1) is 10.2 Å². The Bertz CT molecular complexity index is 1240. The Morgan fingerprint density at radius 2 is 2.00 bits per heavy atom. The number of ether oxygens (including phenoxy) is 2. The number of hydrogen-bond donors (Lipinski definition) is 1. The molecule has 0 spiro atoms. The molecule has 3 aromatic rings. The Balaban J connectivity index is 1.53. The summed E-state index contributed by atoms with van der Waals surface area (Å²) in [5, 5.41) is 18.5. The van der Waals surface area contributed by atoms with Gasteiger partial charge in [-0.25, -0.2) is 9.18 Å². The number of carbonyl (C=O) groups is 1. The minimum Gasteiger partial charge on any atom is -0.493 e. The number of nitrogens with zero attached hydrogens (tertiary/aromatic N) is 4. The molecule has 0 unspecified atom stereocenters. The maximum atomic E-state index is 14.4. The molecule has 2 aliphatic rings. The molecule has 5 rings (SSSR count). The average molecular weight is 479 g/mol. The highest BCUT2D eigenvalue weighted by Gasteiger charge is 2.51. The summed E-state index contributed by atoms with van der Waals surface area (Å²) < 4.78 is 25.9. The number of benzene rings is 2. The van der Waals surface area contributed by atoms with E-state index >= 15 is 0 Å². The van der Waals surface area contributed by atoms with Crippen LogP contribution in [0.5, 0.6) is 5.75 Å². The van der Waals surface area contributed by atoms with Gasteiger partial charge in [-0.05, 0) is 30.2 Å². The van der Waals surface area contributed by atoms with E-state index in [-0.39, 0.29) is 24.2 Å². The zero-order valence-corrected chi connectivity index (χ0v) is 19.6. The number of aromatic nitrogens is 2. The van der Waals surface area contributed by atoms with Crippen molar-refractivity contribution in [1.82, 2.24) is 10.2 Å². The van der Waals surface area contributed by atoms with Crippen LogP contribution in [0.3, 0.4) is 0 Å². The van der Waals surface area contributed by atoms with Crippen LogP contribution in [0.15, 0.2) is 54.6 Å². The maximum Gasteiger partial charge on any atom is 0.413 e. The Labute approximate surface area is 202 Å². The summed E-state index contributed by atoms with van der Waals surface area (Å²) in [4.78, 5) is 15.6. The third-order valence-corrected chi connectivity index (χ3v) is 6.98. The molecule has 35 heavy (non-hydrogen) atoms. The summed E-state index contributed by atoms with van der Waals surface area (Å²) in [5.41, 5.74) is 2.14. The summed E-state index contributed by atoms with van der Waals surface area (Å²) in [6.45, 7) is 3.40. The lowest BCUT2D eigenvalue weighted by Crippen LogP contribution is -2.57. The fourth-order valence-electron chi connectivity index (χ4n) is 5.19. The number of halogens is 1. The van der Waals surface area contributed by atoms with E-state index in [0.29, 0.717) is 36.5 Å². The van der Waals surface area contributed by atoms with Gasteiger partial charge in [-0.2, -0.15) is 0 Å². The van der Waals surface area contributed by atoms with E-state index in [1.807, 2.05) is 30.3 Å². The average Bonchev–Trinajstić information content (AvgIpc) is 3.26. The minimum absolute atomic E-state index is 0.0693. The van der Waals surface area contributed by atoms with Crippen LogP contribution >= 0.6 is 0 Å². The number of para-hydroxylation sites is 1. The molecule has 2 aliphatic heterocycles. The van der Waals surface area contributed by atoms with Gasteiger partial charge in [0.15, 0.2) is 17.4 Å². The lowest BCUT2D eigenvalue weighted by atomic mass is 9.89. The highest BCUT2D eigenvalue weighted by Crippen LogP contribution is 2.47. The Kier molecular flexibility index (Phi) is 6.02. The Hall–Kier alpha value is -3.72. The van der Waals surface area contributed by atoms with Crippen LogP contribution < -0.4 is 14.5 Å². The van der Waals surface area contributed by atoms with Gasteiger partial charge in [0.1, 0.15) is 0 Å². The lowest BCUT2D eigenvalue weighted by molar-refractivity contribution is 0.0493. The van der Waals surface area contributed by atoms with E-state index in [9.17, 15) is 14.3 Å². The highest BCUT2D eigenvalue weighted by atomic mass is 19.1. The van der Waals surface area contributed by atoms with Crippen molar-refractivity contribution in [2.24, 2.45) is 0 Å². The SMILES string of the molecule is CC[C@]12C[C@@H](OCc3ccccc3)CN1c1cc(-c3cccc(F)c3OC)nnc1N(C(=O)O)C2. The van der Waals surface area contributed by atoms with Crippen LogP contribution in [-0.4, -0.2) is 53.2 Å². The number of anilines is 2. The molecule has 9 heteroatoms. The number of fused-ring (bicyclic) bond motifs is 3. The first-order valence-corrected chi connectivity index (χ1v) is 11.6. The number of amides is 1. The second kappa shape index (κ2) is 9.14. The highest BCUT2D eigenvalue weighted by molar-refractivity contribution is 5.92. The zero-order valence-electron chi connectivity index (χ0n) is 19.6. The zero-order chi connectivity index (χ0) is 24.6. The lowest BCUT2D eigenvalue weighted by Gasteiger charge is -2.46. The van der Waals surface area contributed by atoms with Gasteiger partial charge in [-0.3, -0.25) is 4.90 Å². The second-order valence-corrected chi connectivity index (χ2v) is 8.94. The Morgan fingerprint density at radius 3 is 2.71 bits per heavy atom. The van der Waals surface area contributed by atoms with Gasteiger partial charge < -0.3 is 19.5 Å². The maximum absolute atomic E-state index is 14.4. The van der Waals surface area contributed by atoms with Crippen LogP contribution in [-0.2, 0) is 11.3 Å². The van der Waals surface area contributed by atoms with E-state index in [1.165, 1.54) is 18.1 Å². The standard InChI is InChI=1S/C26H27FN4O4/c1-3-26-13-18(35-15-17-8-5-4-6-9-17)14-31(26)22-12-21(19-10-7-11-20(27)23(19)34-2)28-29-24(22)30(16-26)25(32)33/h4-12,18H,3,13-16H2,1-2H3,(H,32,33)/t18-,26-/m1/s1. The smallest absolute Gasteiger partial charge is 0.413 e. The predicted octanol–water partition coefficient (Wildman–Crippen LogP) is 4.73. The molecule has 182 valence electrons. The molecule has 1 aromatic heterocycles. The molecular formula is C26H27FN4O4. The second-order valence-electron chi connectivity index (χ2n) is 8.94. The first-order valence-electron chi connectivity index (χ1n) is 11.6. The van der Waals surface area contributed by atoms with Gasteiger partial charge in [0, 0.05) is 18.5 Å². The summed E-state index contributed by atoms with van der Waals surface area (Å²) in [5.74, 6) is -0.167. The summed E-state index contributed by atoms with van der Waals surface area (Å²) in [7, 11) is 1.40. The van der Waals surface area contributed by atoms with Crippen molar-refractivity contribution >= 4 is 17.6 Å². The fraction of sp³-hybridized carbons (Fsp3) is 0.346. The van der Waals surface area contributed by atoms with E-state index in [1.54, 1.807) is 18.2 Å². The molecule has 1 fully saturated rings. The predicted molar refractivity (Wildman–Crippen MR) is 129 cm³/mol. The van der Waals surface area contributed by atoms with Crippen LogP contribution in [0.1, 0.15) is 25.3 Å². The minimum atomic E-state index is -1.09. The first-order chi connectivity index (χ1) is 17.0. The molecular weight excluding hydrogens is 451 g/mol. The van der Waals surface area contributed by atoms with Gasteiger partial charge in [0.25, 0.3) is 0 Å². The molecule has 3 heterocycles. The third-order valence-electron chi connectivity index (χ3n) is 6.98. The van der Waals surface area contributed by atoms with Gasteiger partial charge >= 0.3 is 6.09 Å². The van der Waals surface area contributed by atoms with Crippen LogP contribution in [0.2, 0.25) is 0 Å². The summed E-state index contributed by atoms with van der Waals surface area (Å²) in [6.07, 6.45) is 0.234. The molecule has 1 N–H and O–H groups in total. The number of hydrogen-bond acceptors (Lipinski definition) is 6. The molecule has 2 aromatic carbocycles. The van der Waals surface area contributed by atoms with Gasteiger partial charge in [0.05, 0.1) is 43.3 Å². The number of rotatable bonds is 6. The van der Waals surface area contributed by atoms with E-state index in [4.69, 9.17) is 9.47 Å². The van der Waals surface area contributed by atoms with E-state index < -0.39 is 17.4 Å². The van der Waals surface area contributed by atoms with Gasteiger partial charge in [-0.1, -0.05) is 43.3 Å². The summed E-state index contributed by atoms with van der Waals surface area (Å²) in [6, 6.07) is 16.3. The van der Waals surface area contributed by atoms with Crippen molar-refractivity contribution in [2.45, 2.75) is 38.0 Å². The molecule has 1 amide bonds. The quantitative estimate of drug-likeness (QED) is 0.548. The Morgan fingerprint density at radius 1 is 1.20 bits per heavy atom.